The Morgan fingerprint density at radius 2 is 1.63 bits per heavy atom. The van der Waals surface area contributed by atoms with Crippen LogP contribution in [0, 0.1) is 36.8 Å². The third-order valence-corrected chi connectivity index (χ3v) is 9.13. The summed E-state index contributed by atoms with van der Waals surface area (Å²) in [6.07, 6.45) is 1.75. The molecule has 0 aliphatic carbocycles. The van der Waals surface area contributed by atoms with Gasteiger partial charge in [0.15, 0.2) is 5.82 Å². The minimum absolute atomic E-state index is 0.153. The smallest absolute Gasteiger partial charge is 0.254 e. The number of anilines is 3. The number of halogens is 2. The molecule has 0 saturated carbocycles. The van der Waals surface area contributed by atoms with Gasteiger partial charge < -0.3 is 20.0 Å². The molecule has 5 rings (SSSR count). The lowest BCUT2D eigenvalue weighted by Crippen LogP contribution is -2.49. The highest BCUT2D eigenvalue weighted by Crippen LogP contribution is 2.31. The van der Waals surface area contributed by atoms with E-state index < -0.39 is 26.6 Å². The second-order valence-corrected chi connectivity index (χ2v) is 12.6. The topological polar surface area (TPSA) is 123 Å². The van der Waals surface area contributed by atoms with Crippen molar-refractivity contribution < 1.29 is 22.0 Å². The fraction of sp³-hybridized carbons (Fsp3) is 0.355. The number of para-hydroxylation sites is 1. The lowest BCUT2D eigenvalue weighted by molar-refractivity contribution is 0.0745. The fourth-order valence-corrected chi connectivity index (χ4v) is 6.71. The number of benzene rings is 3. The lowest BCUT2D eigenvalue weighted by Gasteiger charge is -2.37. The van der Waals surface area contributed by atoms with Crippen LogP contribution in [0.3, 0.4) is 0 Å². The predicted molar refractivity (Wildman–Crippen MR) is 162 cm³/mol. The van der Waals surface area contributed by atoms with Gasteiger partial charge in [0.25, 0.3) is 5.91 Å². The second kappa shape index (κ2) is 12.2. The molecule has 3 N–H and O–H groups in total. The van der Waals surface area contributed by atoms with Crippen LogP contribution in [0.5, 0.6) is 0 Å². The average molecular weight is 609 g/mol. The SMILES string of the molecule is Cc1cc(C)c(C(=O)N2CCN(c3c(F)cc(F)cc3S(N)(=O)=O)CC2)cc1NC1CCN(c2ccccc2C#N)CC1. The van der Waals surface area contributed by atoms with Crippen molar-refractivity contribution in [2.45, 2.75) is 37.6 Å². The maximum atomic E-state index is 14.7. The van der Waals surface area contributed by atoms with Crippen LogP contribution in [0.2, 0.25) is 0 Å². The van der Waals surface area contributed by atoms with Crippen molar-refractivity contribution >= 4 is 33.0 Å². The number of piperazine rings is 1. The Balaban J connectivity index is 1.26. The quantitative estimate of drug-likeness (QED) is 0.431. The summed E-state index contributed by atoms with van der Waals surface area (Å²) in [5.41, 5.74) is 4.63. The molecule has 9 nitrogen and oxygen atoms in total. The summed E-state index contributed by atoms with van der Waals surface area (Å²) in [4.78, 5) is 18.4. The van der Waals surface area contributed by atoms with E-state index in [1.165, 1.54) is 4.90 Å². The van der Waals surface area contributed by atoms with Crippen LogP contribution in [0.25, 0.3) is 0 Å². The van der Waals surface area contributed by atoms with Crippen molar-refractivity contribution in [3.63, 3.8) is 0 Å². The van der Waals surface area contributed by atoms with E-state index in [0.717, 1.165) is 48.4 Å². The number of aryl methyl sites for hydroxylation is 2. The van der Waals surface area contributed by atoms with Gasteiger partial charge in [0.1, 0.15) is 16.8 Å². The molecule has 3 aromatic carbocycles. The lowest BCUT2D eigenvalue weighted by atomic mass is 9.99. The first-order chi connectivity index (χ1) is 20.5. The molecule has 3 aromatic rings. The number of nitrogens with one attached hydrogen (secondary N) is 1. The molecule has 2 heterocycles. The Labute approximate surface area is 250 Å². The number of piperidine rings is 1. The molecule has 12 heteroatoms. The van der Waals surface area contributed by atoms with Gasteiger partial charge in [-0.25, -0.2) is 22.3 Å². The van der Waals surface area contributed by atoms with Gasteiger partial charge in [0, 0.05) is 62.6 Å². The zero-order valence-corrected chi connectivity index (χ0v) is 24.9. The number of rotatable bonds is 6. The van der Waals surface area contributed by atoms with Gasteiger partial charge in [0.05, 0.1) is 16.9 Å². The highest BCUT2D eigenvalue weighted by molar-refractivity contribution is 7.89. The van der Waals surface area contributed by atoms with Gasteiger partial charge in [0.2, 0.25) is 10.0 Å². The second-order valence-electron chi connectivity index (χ2n) is 11.1. The Hall–Kier alpha value is -4.21. The van der Waals surface area contributed by atoms with E-state index in [1.807, 2.05) is 50.2 Å². The van der Waals surface area contributed by atoms with Gasteiger partial charge in [-0.05, 0) is 62.1 Å². The molecule has 2 aliphatic rings. The number of hydrogen-bond acceptors (Lipinski definition) is 7. The molecule has 0 bridgehead atoms. The largest absolute Gasteiger partial charge is 0.382 e. The number of sulfonamides is 1. The van der Waals surface area contributed by atoms with E-state index in [1.54, 1.807) is 4.90 Å². The van der Waals surface area contributed by atoms with Crippen molar-refractivity contribution in [3.05, 3.63) is 82.4 Å². The monoisotopic (exact) mass is 608 g/mol. The van der Waals surface area contributed by atoms with Crippen LogP contribution in [-0.4, -0.2) is 64.5 Å². The van der Waals surface area contributed by atoms with E-state index >= 15 is 0 Å². The first-order valence-electron chi connectivity index (χ1n) is 14.1. The van der Waals surface area contributed by atoms with Crippen molar-refractivity contribution in [2.24, 2.45) is 5.14 Å². The molecule has 0 spiro atoms. The van der Waals surface area contributed by atoms with Crippen molar-refractivity contribution in [3.8, 4) is 6.07 Å². The first kappa shape index (κ1) is 30.3. The molecular weight excluding hydrogens is 574 g/mol. The van der Waals surface area contributed by atoms with Gasteiger partial charge in [-0.2, -0.15) is 5.26 Å². The summed E-state index contributed by atoms with van der Waals surface area (Å²) in [6.45, 7) is 6.24. The fourth-order valence-electron chi connectivity index (χ4n) is 5.94. The third kappa shape index (κ3) is 6.43. The minimum Gasteiger partial charge on any atom is -0.382 e. The molecule has 226 valence electrons. The van der Waals surface area contributed by atoms with E-state index in [-0.39, 0.29) is 43.8 Å². The molecule has 0 unspecified atom stereocenters. The molecule has 0 aromatic heterocycles. The molecule has 0 radical (unpaired) electrons. The van der Waals surface area contributed by atoms with Gasteiger partial charge in [-0.15, -0.1) is 0 Å². The first-order valence-corrected chi connectivity index (χ1v) is 15.7. The summed E-state index contributed by atoms with van der Waals surface area (Å²) in [5, 5.41) is 18.3. The van der Waals surface area contributed by atoms with Gasteiger partial charge >= 0.3 is 0 Å². The predicted octanol–water partition coefficient (Wildman–Crippen LogP) is 4.14. The van der Waals surface area contributed by atoms with E-state index in [0.29, 0.717) is 23.3 Å². The number of hydrogen-bond donors (Lipinski definition) is 2. The Morgan fingerprint density at radius 3 is 2.28 bits per heavy atom. The summed E-state index contributed by atoms with van der Waals surface area (Å²) < 4.78 is 52.6. The Kier molecular flexibility index (Phi) is 8.57. The summed E-state index contributed by atoms with van der Waals surface area (Å²) in [6, 6.07) is 15.3. The summed E-state index contributed by atoms with van der Waals surface area (Å²) in [5.74, 6) is -2.23. The number of nitriles is 1. The third-order valence-electron chi connectivity index (χ3n) is 8.20. The molecule has 1 amide bonds. The van der Waals surface area contributed by atoms with Crippen LogP contribution in [-0.2, 0) is 10.0 Å². The molecule has 0 atom stereocenters. The summed E-state index contributed by atoms with van der Waals surface area (Å²) in [7, 11) is -4.37. The van der Waals surface area contributed by atoms with Crippen LogP contribution in [0.1, 0.15) is 39.9 Å². The van der Waals surface area contributed by atoms with Crippen LogP contribution in [0.4, 0.5) is 25.8 Å². The van der Waals surface area contributed by atoms with Crippen molar-refractivity contribution in [1.29, 1.82) is 5.26 Å². The van der Waals surface area contributed by atoms with E-state index in [9.17, 15) is 27.3 Å². The van der Waals surface area contributed by atoms with E-state index in [2.05, 4.69) is 16.3 Å². The number of nitrogens with two attached hydrogens (primary N) is 1. The minimum atomic E-state index is -4.37. The highest BCUT2D eigenvalue weighted by Gasteiger charge is 2.30. The molecular formula is C31H34F2N6O3S. The normalized spacial score (nSPS) is 16.2. The molecule has 43 heavy (non-hydrogen) atoms. The number of carbonyl (C=O) groups excluding carboxylic acids is 1. The summed E-state index contributed by atoms with van der Waals surface area (Å²) >= 11 is 0. The van der Waals surface area contributed by atoms with Crippen LogP contribution in [0.15, 0.2) is 53.4 Å². The maximum Gasteiger partial charge on any atom is 0.254 e. The number of amides is 1. The Morgan fingerprint density at radius 1 is 0.953 bits per heavy atom. The molecule has 2 saturated heterocycles. The molecule has 2 fully saturated rings. The van der Waals surface area contributed by atoms with E-state index in [4.69, 9.17) is 5.14 Å². The zero-order chi connectivity index (χ0) is 30.9. The zero-order valence-electron chi connectivity index (χ0n) is 24.1. The number of primary sulfonamides is 1. The number of carbonyl (C=O) groups is 1. The maximum absolute atomic E-state index is 14.7. The van der Waals surface area contributed by atoms with Crippen molar-refractivity contribution in [1.82, 2.24) is 4.90 Å². The number of nitrogens with zero attached hydrogens (tertiary/aromatic N) is 4. The highest BCUT2D eigenvalue weighted by atomic mass is 32.2. The average Bonchev–Trinajstić information content (AvgIpc) is 2.98. The standard InChI is InChI=1S/C31H34F2N6O3S/c1-20-15-21(2)27(36-24-7-9-37(10-8-24)28-6-4-3-5-22(28)19-34)18-25(20)31(40)39-13-11-38(12-14-39)30-26(33)16-23(32)17-29(30)43(35,41)42/h3-6,15-18,24,36H,7-14H2,1-2H3,(H2,35,41,42). The van der Waals surface area contributed by atoms with Crippen molar-refractivity contribution in [2.75, 3.05) is 54.4 Å². The molecule has 2 aliphatic heterocycles. The van der Waals surface area contributed by atoms with Crippen LogP contribution < -0.4 is 20.3 Å². The van der Waals surface area contributed by atoms with Crippen LogP contribution >= 0.6 is 0 Å². The van der Waals surface area contributed by atoms with Gasteiger partial charge in [-0.3, -0.25) is 4.79 Å². The van der Waals surface area contributed by atoms with Gasteiger partial charge in [-0.1, -0.05) is 18.2 Å². The Bertz CT molecular complexity index is 1690.